The quantitative estimate of drug-likeness (QED) is 0.605. The minimum Gasteiger partial charge on any atom is -0.383 e. The van der Waals surface area contributed by atoms with E-state index in [1.165, 1.54) is 6.08 Å². The van der Waals surface area contributed by atoms with Crippen LogP contribution in [0.5, 0.6) is 0 Å². The smallest absolute Gasteiger partial charge is 0.223 e. The summed E-state index contributed by atoms with van der Waals surface area (Å²) in [5.74, 6) is 0.0746. The number of hydrogen-bond donors (Lipinski definition) is 0. The van der Waals surface area contributed by atoms with Crippen LogP contribution in [0.3, 0.4) is 0 Å². The number of ketones is 1. The van der Waals surface area contributed by atoms with Crippen molar-refractivity contribution in [1.82, 2.24) is 9.80 Å². The maximum atomic E-state index is 11.3. The van der Waals surface area contributed by atoms with Gasteiger partial charge in [-0.1, -0.05) is 0 Å². The summed E-state index contributed by atoms with van der Waals surface area (Å²) in [6, 6.07) is 0. The summed E-state index contributed by atoms with van der Waals surface area (Å²) in [6.07, 6.45) is 4.67. The van der Waals surface area contributed by atoms with E-state index >= 15 is 0 Å². The lowest BCUT2D eigenvalue weighted by atomic mass is 10.3. The first-order chi connectivity index (χ1) is 6.59. The molecule has 0 unspecified atom stereocenters. The molecule has 0 saturated carbocycles. The zero-order valence-corrected chi connectivity index (χ0v) is 8.69. The second-order valence-corrected chi connectivity index (χ2v) is 3.66. The number of rotatable bonds is 4. The number of likely N-dealkylation sites (tertiary alicyclic amines) is 1. The summed E-state index contributed by atoms with van der Waals surface area (Å²) < 4.78 is 0. The van der Waals surface area contributed by atoms with Crippen LogP contribution in [0, 0.1) is 0 Å². The van der Waals surface area contributed by atoms with E-state index in [2.05, 4.69) is 0 Å². The van der Waals surface area contributed by atoms with E-state index in [4.69, 9.17) is 0 Å². The van der Waals surface area contributed by atoms with Gasteiger partial charge in [-0.25, -0.2) is 0 Å². The van der Waals surface area contributed by atoms with Gasteiger partial charge < -0.3 is 9.80 Å². The Morgan fingerprint density at radius 1 is 1.57 bits per heavy atom. The van der Waals surface area contributed by atoms with Crippen LogP contribution in [0.15, 0.2) is 12.3 Å². The molecule has 4 heteroatoms. The molecule has 1 heterocycles. The van der Waals surface area contributed by atoms with Gasteiger partial charge in [0.1, 0.15) is 0 Å². The van der Waals surface area contributed by atoms with Crippen LogP contribution in [0.25, 0.3) is 0 Å². The predicted octanol–water partition coefficient (Wildman–Crippen LogP) is 0.253. The molecule has 0 aromatic rings. The van der Waals surface area contributed by atoms with E-state index in [0.29, 0.717) is 6.42 Å². The van der Waals surface area contributed by atoms with Crippen LogP contribution in [-0.4, -0.2) is 48.7 Å². The van der Waals surface area contributed by atoms with Crippen molar-refractivity contribution < 1.29 is 9.59 Å². The van der Waals surface area contributed by atoms with Gasteiger partial charge in [0.15, 0.2) is 5.78 Å². The third-order valence-corrected chi connectivity index (χ3v) is 2.08. The van der Waals surface area contributed by atoms with Gasteiger partial charge in [0.2, 0.25) is 5.91 Å². The van der Waals surface area contributed by atoms with Gasteiger partial charge in [0, 0.05) is 33.3 Å². The Bertz CT molecular complexity index is 259. The van der Waals surface area contributed by atoms with Crippen LogP contribution in [-0.2, 0) is 9.59 Å². The molecule has 0 bridgehead atoms. The van der Waals surface area contributed by atoms with Gasteiger partial charge in [-0.05, 0) is 12.5 Å². The van der Waals surface area contributed by atoms with Crippen LogP contribution >= 0.6 is 0 Å². The first-order valence-corrected chi connectivity index (χ1v) is 4.75. The first-order valence-electron chi connectivity index (χ1n) is 4.75. The summed E-state index contributed by atoms with van der Waals surface area (Å²) in [6.45, 7) is 0.948. The molecule has 0 atom stereocenters. The number of amides is 1. The Labute approximate surface area is 84.2 Å². The monoisotopic (exact) mass is 196 g/mol. The normalized spacial score (nSPS) is 16.7. The zero-order chi connectivity index (χ0) is 10.6. The third-order valence-electron chi connectivity index (χ3n) is 2.08. The van der Waals surface area contributed by atoms with Gasteiger partial charge >= 0.3 is 0 Å². The molecule has 0 aliphatic carbocycles. The Kier molecular flexibility index (Phi) is 3.68. The van der Waals surface area contributed by atoms with Gasteiger partial charge in [-0.3, -0.25) is 9.59 Å². The highest BCUT2D eigenvalue weighted by molar-refractivity contribution is 5.94. The maximum Gasteiger partial charge on any atom is 0.223 e. The first kappa shape index (κ1) is 10.8. The summed E-state index contributed by atoms with van der Waals surface area (Å²) in [5, 5.41) is 0. The molecule has 1 saturated heterocycles. The van der Waals surface area contributed by atoms with Crippen molar-refractivity contribution in [2.45, 2.75) is 12.8 Å². The molecule has 0 radical (unpaired) electrons. The fourth-order valence-corrected chi connectivity index (χ4v) is 1.34. The van der Waals surface area contributed by atoms with Gasteiger partial charge in [0.05, 0.1) is 6.54 Å². The molecule has 0 N–H and O–H groups in total. The minimum absolute atomic E-state index is 0.0195. The summed E-state index contributed by atoms with van der Waals surface area (Å²) >= 11 is 0. The molecule has 0 aromatic carbocycles. The maximum absolute atomic E-state index is 11.3. The largest absolute Gasteiger partial charge is 0.383 e. The van der Waals surface area contributed by atoms with Crippen LogP contribution in [0.2, 0.25) is 0 Å². The molecular formula is C10H16N2O2. The molecule has 1 aliphatic heterocycles. The second kappa shape index (κ2) is 4.79. The third kappa shape index (κ3) is 3.20. The molecule has 4 nitrogen and oxygen atoms in total. The molecule has 1 rings (SSSR count). The van der Waals surface area contributed by atoms with Crippen molar-refractivity contribution >= 4 is 11.7 Å². The molecule has 0 spiro atoms. The molecule has 1 aliphatic rings. The SMILES string of the molecule is CN(C)/C=C/C(=O)CN1CCCC1=O. The van der Waals surface area contributed by atoms with E-state index in [9.17, 15) is 9.59 Å². The van der Waals surface area contributed by atoms with Crippen molar-refractivity contribution in [1.29, 1.82) is 0 Å². The van der Waals surface area contributed by atoms with Crippen molar-refractivity contribution in [3.63, 3.8) is 0 Å². The Morgan fingerprint density at radius 2 is 2.29 bits per heavy atom. The highest BCUT2D eigenvalue weighted by Gasteiger charge is 2.21. The second-order valence-electron chi connectivity index (χ2n) is 3.66. The highest BCUT2D eigenvalue weighted by Crippen LogP contribution is 2.08. The lowest BCUT2D eigenvalue weighted by molar-refractivity contribution is -0.131. The van der Waals surface area contributed by atoms with Crippen molar-refractivity contribution in [2.24, 2.45) is 0 Å². The Balaban J connectivity index is 2.37. The molecule has 1 fully saturated rings. The van der Waals surface area contributed by atoms with E-state index < -0.39 is 0 Å². The van der Waals surface area contributed by atoms with Crippen molar-refractivity contribution in [2.75, 3.05) is 27.2 Å². The minimum atomic E-state index is -0.0195. The van der Waals surface area contributed by atoms with Gasteiger partial charge in [-0.15, -0.1) is 0 Å². The van der Waals surface area contributed by atoms with Crippen molar-refractivity contribution in [3.05, 3.63) is 12.3 Å². The summed E-state index contributed by atoms with van der Waals surface area (Å²) in [5.41, 5.74) is 0. The topological polar surface area (TPSA) is 40.6 Å². The van der Waals surface area contributed by atoms with E-state index in [0.717, 1.165) is 13.0 Å². The zero-order valence-electron chi connectivity index (χ0n) is 8.69. The molecule has 1 amide bonds. The molecule has 78 valence electrons. The molecule has 14 heavy (non-hydrogen) atoms. The van der Waals surface area contributed by atoms with E-state index in [-0.39, 0.29) is 18.2 Å². The fraction of sp³-hybridized carbons (Fsp3) is 0.600. The van der Waals surface area contributed by atoms with E-state index in [1.807, 2.05) is 14.1 Å². The van der Waals surface area contributed by atoms with Gasteiger partial charge in [0.25, 0.3) is 0 Å². The lowest BCUT2D eigenvalue weighted by Crippen LogP contribution is -2.30. The van der Waals surface area contributed by atoms with Crippen LogP contribution in [0.4, 0.5) is 0 Å². The van der Waals surface area contributed by atoms with Crippen LogP contribution < -0.4 is 0 Å². The lowest BCUT2D eigenvalue weighted by Gasteiger charge is -2.12. The average Bonchev–Trinajstić information content (AvgIpc) is 2.49. The highest BCUT2D eigenvalue weighted by atomic mass is 16.2. The van der Waals surface area contributed by atoms with Gasteiger partial charge in [-0.2, -0.15) is 0 Å². The molecule has 0 aromatic heterocycles. The molecular weight excluding hydrogens is 180 g/mol. The Morgan fingerprint density at radius 3 is 2.79 bits per heavy atom. The van der Waals surface area contributed by atoms with E-state index in [1.54, 1.807) is 16.0 Å². The Hall–Kier alpha value is -1.32. The number of carbonyl (C=O) groups excluding carboxylic acids is 2. The van der Waals surface area contributed by atoms with Crippen LogP contribution in [0.1, 0.15) is 12.8 Å². The number of nitrogens with zero attached hydrogens (tertiary/aromatic N) is 2. The average molecular weight is 196 g/mol. The summed E-state index contributed by atoms with van der Waals surface area (Å²) in [4.78, 5) is 25.9. The predicted molar refractivity (Wildman–Crippen MR) is 53.6 cm³/mol. The number of carbonyl (C=O) groups is 2. The summed E-state index contributed by atoms with van der Waals surface area (Å²) in [7, 11) is 3.70. The van der Waals surface area contributed by atoms with Crippen molar-refractivity contribution in [3.8, 4) is 0 Å². The fourth-order valence-electron chi connectivity index (χ4n) is 1.34. The standard InChI is InChI=1S/C10H16N2O2/c1-11(2)7-5-9(13)8-12-6-3-4-10(12)14/h5,7H,3-4,6,8H2,1-2H3/b7-5+. The number of hydrogen-bond acceptors (Lipinski definition) is 3.